The zero-order chi connectivity index (χ0) is 14.3. The highest BCUT2D eigenvalue weighted by Gasteiger charge is 2.25. The minimum absolute atomic E-state index is 0.0143. The number of ether oxygens (including phenoxy) is 1. The Labute approximate surface area is 123 Å². The van der Waals surface area contributed by atoms with E-state index in [0.717, 1.165) is 36.2 Å². The molecule has 1 atom stereocenters. The summed E-state index contributed by atoms with van der Waals surface area (Å²) < 4.78 is 11.8. The molecule has 1 heterocycles. The van der Waals surface area contributed by atoms with Crippen molar-refractivity contribution in [3.8, 4) is 5.88 Å². The highest BCUT2D eigenvalue weighted by atomic mass is 79.9. The molecule has 1 aromatic rings. The summed E-state index contributed by atoms with van der Waals surface area (Å²) in [5.74, 6) is 1.28. The van der Waals surface area contributed by atoms with Gasteiger partial charge in [-0.25, -0.2) is 0 Å². The molecule has 1 rings (SSSR count). The van der Waals surface area contributed by atoms with Crippen LogP contribution in [-0.2, 0) is 0 Å². The van der Waals surface area contributed by atoms with Crippen LogP contribution < -0.4 is 4.74 Å². The lowest BCUT2D eigenvalue weighted by Crippen LogP contribution is -2.27. The molecule has 0 radical (unpaired) electrons. The Morgan fingerprint density at radius 1 is 1.42 bits per heavy atom. The summed E-state index contributed by atoms with van der Waals surface area (Å²) in [5.41, 5.74) is 0. The van der Waals surface area contributed by atoms with Crippen LogP contribution in [0.2, 0.25) is 0 Å². The van der Waals surface area contributed by atoms with Crippen molar-refractivity contribution in [2.75, 3.05) is 19.7 Å². The number of hydrogen-bond acceptors (Lipinski definition) is 4. The molecule has 108 valence electrons. The fourth-order valence-corrected chi connectivity index (χ4v) is 2.40. The Morgan fingerprint density at radius 2 is 2.11 bits per heavy atom. The predicted octanol–water partition coefficient (Wildman–Crippen LogP) is 4.18. The van der Waals surface area contributed by atoms with Crippen LogP contribution in [0.25, 0.3) is 0 Å². The number of unbranched alkanes of at least 4 members (excludes halogenated alkanes) is 1. The quantitative estimate of drug-likeness (QED) is 0.502. The van der Waals surface area contributed by atoms with Crippen molar-refractivity contribution < 1.29 is 9.26 Å². The molecule has 4 nitrogen and oxygen atoms in total. The Kier molecular flexibility index (Phi) is 7.16. The summed E-state index contributed by atoms with van der Waals surface area (Å²) in [4.78, 5) is 2.24. The minimum atomic E-state index is 0.0143. The normalized spacial score (nSPS) is 12.7. The second kappa shape index (κ2) is 8.38. The van der Waals surface area contributed by atoms with Gasteiger partial charge in [0.15, 0.2) is 5.76 Å². The van der Waals surface area contributed by atoms with Gasteiger partial charge >= 0.3 is 0 Å². The van der Waals surface area contributed by atoms with Crippen molar-refractivity contribution >= 4 is 15.9 Å². The monoisotopic (exact) mass is 330 g/mol. The van der Waals surface area contributed by atoms with E-state index in [1.165, 1.54) is 0 Å². The van der Waals surface area contributed by atoms with Crippen LogP contribution in [0.3, 0.4) is 0 Å². The molecule has 0 amide bonds. The molecule has 0 N–H and O–H groups in total. The van der Waals surface area contributed by atoms with Crippen LogP contribution in [0.4, 0.5) is 0 Å². The van der Waals surface area contributed by atoms with Gasteiger partial charge in [0, 0.05) is 0 Å². The maximum Gasteiger partial charge on any atom is 0.268 e. The lowest BCUT2D eigenvalue weighted by molar-refractivity contribution is 0.211. The van der Waals surface area contributed by atoms with Crippen LogP contribution >= 0.6 is 15.9 Å². The van der Waals surface area contributed by atoms with Crippen molar-refractivity contribution in [1.82, 2.24) is 10.1 Å². The van der Waals surface area contributed by atoms with Gasteiger partial charge in [0.05, 0.1) is 12.6 Å². The van der Waals surface area contributed by atoms with Crippen molar-refractivity contribution in [3.63, 3.8) is 0 Å². The predicted molar refractivity (Wildman–Crippen MR) is 80.5 cm³/mol. The number of nitrogens with zero attached hydrogens (tertiary/aromatic N) is 2. The third-order valence-electron chi connectivity index (χ3n) is 3.07. The number of hydrogen-bond donors (Lipinski definition) is 0. The lowest BCUT2D eigenvalue weighted by Gasteiger charge is -2.24. The average Bonchev–Trinajstić information content (AvgIpc) is 2.78. The molecule has 19 heavy (non-hydrogen) atoms. The third kappa shape index (κ3) is 4.08. The first-order chi connectivity index (χ1) is 9.19. The first-order valence-corrected chi connectivity index (χ1v) is 7.63. The van der Waals surface area contributed by atoms with Gasteiger partial charge in [-0.15, -0.1) is 6.58 Å². The number of rotatable bonds is 9. The molecule has 0 fully saturated rings. The summed E-state index contributed by atoms with van der Waals surface area (Å²) in [7, 11) is 0. The van der Waals surface area contributed by atoms with Crippen LogP contribution in [0.1, 0.15) is 45.4 Å². The molecular formula is C14H23BrN2O2. The minimum Gasteiger partial charge on any atom is -0.475 e. The number of likely N-dealkylation sites (N-methyl/N-ethyl adjacent to an activating group) is 1. The van der Waals surface area contributed by atoms with Gasteiger partial charge in [-0.3, -0.25) is 4.90 Å². The summed E-state index contributed by atoms with van der Waals surface area (Å²) in [5, 5.41) is 3.99. The van der Waals surface area contributed by atoms with Crippen molar-refractivity contribution in [3.05, 3.63) is 22.9 Å². The first-order valence-electron chi connectivity index (χ1n) is 6.83. The second-order valence-corrected chi connectivity index (χ2v) is 5.06. The van der Waals surface area contributed by atoms with Crippen LogP contribution in [-0.4, -0.2) is 29.8 Å². The molecular weight excluding hydrogens is 308 g/mol. The van der Waals surface area contributed by atoms with Gasteiger partial charge in [0.1, 0.15) is 4.47 Å². The van der Waals surface area contributed by atoms with Gasteiger partial charge < -0.3 is 9.26 Å². The standard InChI is InChI=1S/C14H23BrN2O2/c1-5-9-10-18-14-12(15)13(19-16-14)11(6-2)17(7-3)8-4/h6,11H,2,5,7-10H2,1,3-4H3/t11-/m0/s1. The van der Waals surface area contributed by atoms with Gasteiger partial charge in [0.2, 0.25) is 0 Å². The fraction of sp³-hybridized carbons (Fsp3) is 0.643. The molecule has 0 unspecified atom stereocenters. The summed E-state index contributed by atoms with van der Waals surface area (Å²) in [6, 6.07) is 0.0143. The van der Waals surface area contributed by atoms with E-state index < -0.39 is 0 Å². The summed E-state index contributed by atoms with van der Waals surface area (Å²) in [6.07, 6.45) is 3.97. The number of aromatic nitrogens is 1. The molecule has 1 aromatic heterocycles. The van der Waals surface area contributed by atoms with E-state index in [1.807, 2.05) is 6.08 Å². The van der Waals surface area contributed by atoms with E-state index in [0.29, 0.717) is 12.5 Å². The molecule has 0 bridgehead atoms. The van der Waals surface area contributed by atoms with Gasteiger partial charge in [0.25, 0.3) is 5.88 Å². The average molecular weight is 331 g/mol. The third-order valence-corrected chi connectivity index (χ3v) is 3.80. The lowest BCUT2D eigenvalue weighted by atomic mass is 10.2. The van der Waals surface area contributed by atoms with Gasteiger partial charge in [-0.05, 0) is 40.6 Å². The molecule has 0 spiro atoms. The molecule has 5 heteroatoms. The van der Waals surface area contributed by atoms with Gasteiger partial charge in [-0.1, -0.05) is 33.3 Å². The maximum absolute atomic E-state index is 5.59. The molecule has 0 saturated heterocycles. The molecule has 0 aromatic carbocycles. The summed E-state index contributed by atoms with van der Waals surface area (Å²) in [6.45, 7) is 12.7. The molecule has 0 aliphatic rings. The van der Waals surface area contributed by atoms with E-state index in [-0.39, 0.29) is 6.04 Å². The molecule has 0 aliphatic heterocycles. The highest BCUT2D eigenvalue weighted by molar-refractivity contribution is 9.10. The van der Waals surface area contributed by atoms with E-state index in [1.54, 1.807) is 0 Å². The first kappa shape index (κ1) is 16.2. The fourth-order valence-electron chi connectivity index (χ4n) is 1.90. The zero-order valence-electron chi connectivity index (χ0n) is 12.0. The Bertz CT molecular complexity index is 389. The van der Waals surface area contributed by atoms with Crippen LogP contribution in [0, 0.1) is 0 Å². The molecule has 0 aliphatic carbocycles. The largest absolute Gasteiger partial charge is 0.475 e. The van der Waals surface area contributed by atoms with E-state index in [2.05, 4.69) is 53.3 Å². The summed E-state index contributed by atoms with van der Waals surface area (Å²) >= 11 is 3.52. The Morgan fingerprint density at radius 3 is 2.63 bits per heavy atom. The van der Waals surface area contributed by atoms with E-state index >= 15 is 0 Å². The van der Waals surface area contributed by atoms with Gasteiger partial charge in [-0.2, -0.15) is 0 Å². The van der Waals surface area contributed by atoms with E-state index in [4.69, 9.17) is 9.26 Å². The highest BCUT2D eigenvalue weighted by Crippen LogP contribution is 2.35. The van der Waals surface area contributed by atoms with Crippen molar-refractivity contribution in [2.24, 2.45) is 0 Å². The maximum atomic E-state index is 5.59. The zero-order valence-corrected chi connectivity index (χ0v) is 13.6. The van der Waals surface area contributed by atoms with Crippen molar-refractivity contribution in [2.45, 2.75) is 39.7 Å². The van der Waals surface area contributed by atoms with E-state index in [9.17, 15) is 0 Å². The Balaban J connectivity index is 2.84. The smallest absolute Gasteiger partial charge is 0.268 e. The van der Waals surface area contributed by atoms with Crippen LogP contribution in [0.15, 0.2) is 21.7 Å². The molecule has 0 saturated carbocycles. The SMILES string of the molecule is C=C[C@@H](c1onc(OCCCC)c1Br)N(CC)CC. The van der Waals surface area contributed by atoms with Crippen molar-refractivity contribution in [1.29, 1.82) is 0 Å². The topological polar surface area (TPSA) is 38.5 Å². The second-order valence-electron chi connectivity index (χ2n) is 4.27. The Hall–Kier alpha value is -0.810. The number of halogens is 1. The van der Waals surface area contributed by atoms with Crippen LogP contribution in [0.5, 0.6) is 5.88 Å².